The third-order valence-corrected chi connectivity index (χ3v) is 5.57. The van der Waals surface area contributed by atoms with Crippen molar-refractivity contribution >= 4 is 14.8 Å². The van der Waals surface area contributed by atoms with Crippen molar-refractivity contribution in [1.82, 2.24) is 0 Å². The molecule has 0 aliphatic carbocycles. The fourth-order valence-electron chi connectivity index (χ4n) is 1.61. The standard InChI is InChI=1S/C13H20O5Si/c1-4-10-19(15-2,16-3)18-11-17-13(14)12-8-6-5-7-9-12/h5-9H,4,10-11H2,1-3H3. The zero-order valence-corrected chi connectivity index (χ0v) is 12.5. The lowest BCUT2D eigenvalue weighted by Gasteiger charge is -2.25. The van der Waals surface area contributed by atoms with E-state index in [0.717, 1.165) is 6.42 Å². The SMILES string of the molecule is CCC[Si](OC)(OC)OCOC(=O)c1ccccc1. The summed E-state index contributed by atoms with van der Waals surface area (Å²) in [6.45, 7) is 1.85. The van der Waals surface area contributed by atoms with Crippen LogP contribution in [-0.2, 0) is 18.0 Å². The van der Waals surface area contributed by atoms with Crippen LogP contribution in [0, 0.1) is 0 Å². The van der Waals surface area contributed by atoms with Crippen LogP contribution in [0.15, 0.2) is 30.3 Å². The highest BCUT2D eigenvalue weighted by Gasteiger charge is 2.38. The maximum atomic E-state index is 11.7. The lowest BCUT2D eigenvalue weighted by molar-refractivity contribution is -0.0163. The van der Waals surface area contributed by atoms with E-state index in [0.29, 0.717) is 11.6 Å². The molecule has 106 valence electrons. The molecule has 0 saturated carbocycles. The van der Waals surface area contributed by atoms with Gasteiger partial charge in [-0.25, -0.2) is 4.79 Å². The van der Waals surface area contributed by atoms with E-state index in [9.17, 15) is 4.79 Å². The Labute approximate surface area is 114 Å². The van der Waals surface area contributed by atoms with Crippen molar-refractivity contribution in [1.29, 1.82) is 0 Å². The van der Waals surface area contributed by atoms with Crippen molar-refractivity contribution in [2.45, 2.75) is 19.4 Å². The largest absolute Gasteiger partial charge is 0.502 e. The van der Waals surface area contributed by atoms with E-state index in [1.807, 2.05) is 13.0 Å². The highest BCUT2D eigenvalue weighted by atomic mass is 28.4. The summed E-state index contributed by atoms with van der Waals surface area (Å²) in [5, 5.41) is 0. The van der Waals surface area contributed by atoms with Crippen molar-refractivity contribution in [2.75, 3.05) is 21.0 Å². The summed E-state index contributed by atoms with van der Waals surface area (Å²) in [6, 6.07) is 9.44. The van der Waals surface area contributed by atoms with Crippen molar-refractivity contribution in [3.8, 4) is 0 Å². The van der Waals surface area contributed by atoms with Crippen molar-refractivity contribution in [2.24, 2.45) is 0 Å². The number of hydrogen-bond acceptors (Lipinski definition) is 5. The van der Waals surface area contributed by atoms with Gasteiger partial charge in [-0.05, 0) is 12.1 Å². The van der Waals surface area contributed by atoms with Crippen LogP contribution >= 0.6 is 0 Å². The van der Waals surface area contributed by atoms with Gasteiger partial charge in [-0.2, -0.15) is 0 Å². The van der Waals surface area contributed by atoms with E-state index in [1.54, 1.807) is 38.5 Å². The second-order valence-corrected chi connectivity index (χ2v) is 6.87. The Morgan fingerprint density at radius 2 is 1.79 bits per heavy atom. The first-order valence-corrected chi connectivity index (χ1v) is 8.07. The predicted octanol–water partition coefficient (Wildman–Crippen LogP) is 2.46. The fraction of sp³-hybridized carbons (Fsp3) is 0.462. The molecule has 0 saturated heterocycles. The van der Waals surface area contributed by atoms with Gasteiger partial charge in [-0.1, -0.05) is 31.5 Å². The summed E-state index contributed by atoms with van der Waals surface area (Å²) in [5.41, 5.74) is 0.490. The van der Waals surface area contributed by atoms with Crippen molar-refractivity contribution in [3.05, 3.63) is 35.9 Å². The molecule has 0 aliphatic rings. The molecule has 0 spiro atoms. The van der Waals surface area contributed by atoms with Crippen LogP contribution in [0.25, 0.3) is 0 Å². The van der Waals surface area contributed by atoms with Crippen LogP contribution in [-0.4, -0.2) is 35.8 Å². The average molecular weight is 284 g/mol. The first-order chi connectivity index (χ1) is 9.17. The summed E-state index contributed by atoms with van der Waals surface area (Å²) in [7, 11) is 0.404. The molecule has 0 radical (unpaired) electrons. The van der Waals surface area contributed by atoms with Crippen LogP contribution in [0.4, 0.5) is 0 Å². The first kappa shape index (κ1) is 15.8. The molecule has 0 fully saturated rings. The van der Waals surface area contributed by atoms with Gasteiger partial charge in [0.1, 0.15) is 0 Å². The zero-order valence-electron chi connectivity index (χ0n) is 11.5. The number of rotatable bonds is 8. The molecule has 1 rings (SSSR count). The van der Waals surface area contributed by atoms with Gasteiger partial charge in [-0.3, -0.25) is 0 Å². The molecule has 1 aromatic rings. The maximum absolute atomic E-state index is 11.7. The van der Waals surface area contributed by atoms with E-state index in [4.69, 9.17) is 18.0 Å². The van der Waals surface area contributed by atoms with Crippen LogP contribution in [0.1, 0.15) is 23.7 Å². The van der Waals surface area contributed by atoms with Gasteiger partial charge in [0.15, 0.2) is 6.79 Å². The molecule has 0 amide bonds. The normalized spacial score (nSPS) is 11.3. The molecule has 0 bridgehead atoms. The van der Waals surface area contributed by atoms with Gasteiger partial charge in [0.05, 0.1) is 5.56 Å². The van der Waals surface area contributed by atoms with E-state index < -0.39 is 14.8 Å². The fourth-order valence-corrected chi connectivity index (χ4v) is 3.42. The smallest absolute Gasteiger partial charge is 0.436 e. The van der Waals surface area contributed by atoms with Crippen LogP contribution < -0.4 is 0 Å². The highest BCUT2D eigenvalue weighted by molar-refractivity contribution is 6.60. The van der Waals surface area contributed by atoms with Crippen molar-refractivity contribution in [3.63, 3.8) is 0 Å². The Bertz CT molecular complexity index is 378. The van der Waals surface area contributed by atoms with Gasteiger partial charge in [0, 0.05) is 20.3 Å². The monoisotopic (exact) mass is 284 g/mol. The molecule has 0 aliphatic heterocycles. The minimum absolute atomic E-state index is 0.165. The van der Waals surface area contributed by atoms with E-state index in [-0.39, 0.29) is 6.79 Å². The van der Waals surface area contributed by atoms with E-state index in [2.05, 4.69) is 0 Å². The minimum atomic E-state index is -2.69. The molecule has 5 nitrogen and oxygen atoms in total. The molecule has 6 heteroatoms. The summed E-state index contributed by atoms with van der Waals surface area (Å²) in [4.78, 5) is 11.7. The highest BCUT2D eigenvalue weighted by Crippen LogP contribution is 2.16. The predicted molar refractivity (Wildman–Crippen MR) is 72.7 cm³/mol. The minimum Gasteiger partial charge on any atom is -0.436 e. The summed E-state index contributed by atoms with van der Waals surface area (Å²) in [5.74, 6) is -0.424. The average Bonchev–Trinajstić information content (AvgIpc) is 2.47. The Hall–Kier alpha value is -1.21. The Balaban J connectivity index is 2.46. The van der Waals surface area contributed by atoms with Gasteiger partial charge in [-0.15, -0.1) is 0 Å². The topological polar surface area (TPSA) is 54.0 Å². The Morgan fingerprint density at radius 3 is 2.32 bits per heavy atom. The van der Waals surface area contributed by atoms with Crippen LogP contribution in [0.5, 0.6) is 0 Å². The number of esters is 1. The lowest BCUT2D eigenvalue weighted by atomic mass is 10.2. The van der Waals surface area contributed by atoms with Gasteiger partial charge in [0.2, 0.25) is 0 Å². The molecule has 19 heavy (non-hydrogen) atoms. The number of hydrogen-bond donors (Lipinski definition) is 0. The molecule has 0 aromatic heterocycles. The lowest BCUT2D eigenvalue weighted by Crippen LogP contribution is -2.44. The Kier molecular flexibility index (Phi) is 6.72. The quantitative estimate of drug-likeness (QED) is 0.417. The van der Waals surface area contributed by atoms with E-state index in [1.165, 1.54) is 0 Å². The summed E-state index contributed by atoms with van der Waals surface area (Å²) in [6.07, 6.45) is 0.876. The number of carbonyl (C=O) groups excluding carboxylic acids is 1. The molecular formula is C13H20O5Si. The number of benzene rings is 1. The second-order valence-electron chi connectivity index (χ2n) is 3.90. The zero-order chi connectivity index (χ0) is 14.1. The molecule has 0 unspecified atom stereocenters. The second kappa shape index (κ2) is 8.06. The molecule has 0 atom stereocenters. The number of ether oxygens (including phenoxy) is 1. The number of carbonyl (C=O) groups is 1. The molecule has 1 aromatic carbocycles. The third kappa shape index (κ3) is 4.75. The summed E-state index contributed by atoms with van der Waals surface area (Å²) < 4.78 is 21.2. The van der Waals surface area contributed by atoms with Gasteiger partial charge < -0.3 is 18.0 Å². The van der Waals surface area contributed by atoms with Crippen LogP contribution in [0.2, 0.25) is 6.04 Å². The first-order valence-electron chi connectivity index (χ1n) is 6.14. The molecule has 0 N–H and O–H groups in total. The van der Waals surface area contributed by atoms with Gasteiger partial charge >= 0.3 is 14.8 Å². The molecular weight excluding hydrogens is 264 g/mol. The Morgan fingerprint density at radius 1 is 1.16 bits per heavy atom. The maximum Gasteiger partial charge on any atom is 0.502 e. The molecule has 0 heterocycles. The third-order valence-electron chi connectivity index (χ3n) is 2.66. The van der Waals surface area contributed by atoms with Crippen LogP contribution in [0.3, 0.4) is 0 Å². The van der Waals surface area contributed by atoms with Crippen molar-refractivity contribution < 1.29 is 22.8 Å². The van der Waals surface area contributed by atoms with Gasteiger partial charge in [0.25, 0.3) is 0 Å². The summed E-state index contributed by atoms with van der Waals surface area (Å²) >= 11 is 0. The van der Waals surface area contributed by atoms with E-state index >= 15 is 0 Å².